The predicted octanol–water partition coefficient (Wildman–Crippen LogP) is 1.63. The lowest BCUT2D eigenvalue weighted by Crippen LogP contribution is -2.49. The van der Waals surface area contributed by atoms with E-state index in [1.165, 1.54) is 58.2 Å². The fourth-order valence-electron chi connectivity index (χ4n) is 3.14. The van der Waals surface area contributed by atoms with Crippen LogP contribution in [0.5, 0.6) is 0 Å². The summed E-state index contributed by atoms with van der Waals surface area (Å²) in [5.74, 6) is 1.01. The van der Waals surface area contributed by atoms with Crippen molar-refractivity contribution >= 4 is 0 Å². The van der Waals surface area contributed by atoms with Gasteiger partial charge in [-0.25, -0.2) is 0 Å². The zero-order chi connectivity index (χ0) is 11.5. The maximum absolute atomic E-state index is 5.59. The van der Waals surface area contributed by atoms with Crippen LogP contribution in [0.3, 0.4) is 0 Å². The van der Waals surface area contributed by atoms with Crippen molar-refractivity contribution in [3.05, 3.63) is 0 Å². The van der Waals surface area contributed by atoms with Crippen LogP contribution in [0.1, 0.15) is 38.5 Å². The lowest BCUT2D eigenvalue weighted by atomic mass is 10.0. The molecule has 2 saturated heterocycles. The highest BCUT2D eigenvalue weighted by atomic mass is 16.5. The van der Waals surface area contributed by atoms with Gasteiger partial charge in [0.2, 0.25) is 0 Å². The fraction of sp³-hybridized carbons (Fsp3) is 1.00. The molecular weight excluding hydrogens is 212 g/mol. The van der Waals surface area contributed by atoms with Crippen LogP contribution >= 0.6 is 0 Å². The minimum atomic E-state index is 0.716. The summed E-state index contributed by atoms with van der Waals surface area (Å²) in [7, 11) is 0. The van der Waals surface area contributed by atoms with Crippen LogP contribution in [-0.2, 0) is 4.74 Å². The van der Waals surface area contributed by atoms with Crippen LogP contribution in [0.25, 0.3) is 0 Å². The summed E-state index contributed by atoms with van der Waals surface area (Å²) in [6.07, 6.45) is 8.20. The van der Waals surface area contributed by atoms with Crippen molar-refractivity contribution in [1.82, 2.24) is 10.2 Å². The molecule has 3 aliphatic rings. The molecule has 0 aromatic rings. The Labute approximate surface area is 105 Å². The summed E-state index contributed by atoms with van der Waals surface area (Å²) in [6, 6.07) is 1.50. The quantitative estimate of drug-likeness (QED) is 0.805. The van der Waals surface area contributed by atoms with Crippen molar-refractivity contribution in [1.29, 1.82) is 0 Å². The van der Waals surface area contributed by atoms with Crippen molar-refractivity contribution in [2.24, 2.45) is 5.92 Å². The molecule has 1 unspecified atom stereocenters. The van der Waals surface area contributed by atoms with E-state index < -0.39 is 0 Å². The van der Waals surface area contributed by atoms with Gasteiger partial charge in [-0.3, -0.25) is 4.90 Å². The first-order chi connectivity index (χ1) is 8.42. The topological polar surface area (TPSA) is 24.5 Å². The Bertz CT molecular complexity index is 228. The Kier molecular flexibility index (Phi) is 3.99. The van der Waals surface area contributed by atoms with E-state index in [0.29, 0.717) is 6.04 Å². The second kappa shape index (κ2) is 5.68. The van der Waals surface area contributed by atoms with E-state index in [1.807, 2.05) is 0 Å². The Morgan fingerprint density at radius 2 is 1.88 bits per heavy atom. The highest BCUT2D eigenvalue weighted by Gasteiger charge is 2.27. The number of rotatable bonds is 4. The van der Waals surface area contributed by atoms with Crippen LogP contribution in [0.15, 0.2) is 0 Å². The first kappa shape index (κ1) is 11.9. The number of nitrogens with one attached hydrogen (secondary N) is 1. The van der Waals surface area contributed by atoms with Gasteiger partial charge in [-0.05, 0) is 51.0 Å². The first-order valence-electron chi connectivity index (χ1n) is 7.47. The Morgan fingerprint density at radius 1 is 1.06 bits per heavy atom. The molecule has 0 radical (unpaired) electrons. The normalized spacial score (nSPS) is 32.8. The lowest BCUT2D eigenvalue weighted by molar-refractivity contribution is 0.00760. The number of piperidine rings is 1. The molecule has 1 saturated carbocycles. The molecule has 3 heteroatoms. The van der Waals surface area contributed by atoms with Gasteiger partial charge >= 0.3 is 0 Å². The molecule has 0 aromatic carbocycles. The van der Waals surface area contributed by atoms with Gasteiger partial charge < -0.3 is 10.1 Å². The third kappa shape index (κ3) is 3.43. The molecule has 98 valence electrons. The van der Waals surface area contributed by atoms with Gasteiger partial charge in [0.25, 0.3) is 0 Å². The summed E-state index contributed by atoms with van der Waals surface area (Å²) in [4.78, 5) is 2.66. The fourth-order valence-corrected chi connectivity index (χ4v) is 3.14. The smallest absolute Gasteiger partial charge is 0.0621 e. The number of hydrogen-bond donors (Lipinski definition) is 1. The van der Waals surface area contributed by atoms with E-state index in [-0.39, 0.29) is 0 Å². The summed E-state index contributed by atoms with van der Waals surface area (Å²) in [5, 5.41) is 3.75. The molecule has 1 aliphatic carbocycles. The van der Waals surface area contributed by atoms with Gasteiger partial charge in [-0.15, -0.1) is 0 Å². The van der Waals surface area contributed by atoms with Gasteiger partial charge in [0, 0.05) is 31.8 Å². The second-order valence-corrected chi connectivity index (χ2v) is 6.03. The minimum Gasteiger partial charge on any atom is -0.380 e. The van der Waals surface area contributed by atoms with Crippen LogP contribution < -0.4 is 5.32 Å². The van der Waals surface area contributed by atoms with Gasteiger partial charge in [0.1, 0.15) is 0 Å². The number of ether oxygens (including phenoxy) is 1. The average Bonchev–Trinajstić information content (AvgIpc) is 3.22. The summed E-state index contributed by atoms with van der Waals surface area (Å²) in [5.41, 5.74) is 0. The molecule has 0 bridgehead atoms. The van der Waals surface area contributed by atoms with Crippen LogP contribution in [0, 0.1) is 5.92 Å². The predicted molar refractivity (Wildman–Crippen MR) is 69.2 cm³/mol. The number of hydrogen-bond acceptors (Lipinski definition) is 3. The summed E-state index contributed by atoms with van der Waals surface area (Å²) < 4.78 is 5.59. The van der Waals surface area contributed by atoms with Crippen LogP contribution in [0.4, 0.5) is 0 Å². The molecule has 17 heavy (non-hydrogen) atoms. The van der Waals surface area contributed by atoms with Crippen molar-refractivity contribution < 1.29 is 4.74 Å². The van der Waals surface area contributed by atoms with Crippen molar-refractivity contribution in [3.8, 4) is 0 Å². The molecule has 3 fully saturated rings. The minimum absolute atomic E-state index is 0.716. The standard InChI is InChI=1S/C14H26N2O/c1-2-14(11-17-9-1)16-7-5-13(6-8-16)15-10-12-3-4-12/h12-15H,1-11H2. The maximum Gasteiger partial charge on any atom is 0.0621 e. The zero-order valence-electron chi connectivity index (χ0n) is 10.9. The monoisotopic (exact) mass is 238 g/mol. The highest BCUT2D eigenvalue weighted by molar-refractivity contribution is 4.84. The molecule has 0 aromatic heterocycles. The van der Waals surface area contributed by atoms with Crippen LogP contribution in [-0.4, -0.2) is 49.8 Å². The average molecular weight is 238 g/mol. The molecule has 0 amide bonds. The molecule has 3 rings (SSSR count). The zero-order valence-corrected chi connectivity index (χ0v) is 10.9. The SMILES string of the molecule is C1COCC(N2CCC(NCC3CC3)CC2)C1. The van der Waals surface area contributed by atoms with E-state index in [0.717, 1.165) is 25.2 Å². The lowest BCUT2D eigenvalue weighted by Gasteiger charge is -2.39. The Hall–Kier alpha value is -0.120. The third-order valence-electron chi connectivity index (χ3n) is 4.57. The van der Waals surface area contributed by atoms with E-state index >= 15 is 0 Å². The molecule has 3 nitrogen and oxygen atoms in total. The number of likely N-dealkylation sites (tertiary alicyclic amines) is 1. The molecule has 0 spiro atoms. The molecular formula is C14H26N2O. The van der Waals surface area contributed by atoms with Crippen molar-refractivity contribution in [2.75, 3.05) is 32.8 Å². The molecule has 2 aliphatic heterocycles. The second-order valence-electron chi connectivity index (χ2n) is 6.03. The van der Waals surface area contributed by atoms with Gasteiger partial charge in [-0.1, -0.05) is 0 Å². The van der Waals surface area contributed by atoms with Crippen molar-refractivity contribution in [3.63, 3.8) is 0 Å². The Morgan fingerprint density at radius 3 is 2.53 bits per heavy atom. The van der Waals surface area contributed by atoms with E-state index in [2.05, 4.69) is 10.2 Å². The van der Waals surface area contributed by atoms with Gasteiger partial charge in [-0.2, -0.15) is 0 Å². The summed E-state index contributed by atoms with van der Waals surface area (Å²) in [6.45, 7) is 5.78. The highest BCUT2D eigenvalue weighted by Crippen LogP contribution is 2.28. The first-order valence-corrected chi connectivity index (χ1v) is 7.47. The Balaban J connectivity index is 1.36. The molecule has 1 N–H and O–H groups in total. The van der Waals surface area contributed by atoms with Crippen molar-refractivity contribution in [2.45, 2.75) is 50.6 Å². The van der Waals surface area contributed by atoms with E-state index in [1.54, 1.807) is 0 Å². The molecule has 2 heterocycles. The molecule has 1 atom stereocenters. The summed E-state index contributed by atoms with van der Waals surface area (Å²) >= 11 is 0. The van der Waals surface area contributed by atoms with Crippen LogP contribution in [0.2, 0.25) is 0 Å². The maximum atomic E-state index is 5.59. The number of nitrogens with zero attached hydrogens (tertiary/aromatic N) is 1. The van der Waals surface area contributed by atoms with Gasteiger partial charge in [0.05, 0.1) is 6.61 Å². The van der Waals surface area contributed by atoms with E-state index in [4.69, 9.17) is 4.74 Å². The van der Waals surface area contributed by atoms with Gasteiger partial charge in [0.15, 0.2) is 0 Å². The largest absolute Gasteiger partial charge is 0.380 e. The van der Waals surface area contributed by atoms with E-state index in [9.17, 15) is 0 Å². The third-order valence-corrected chi connectivity index (χ3v) is 4.57.